The average Bonchev–Trinajstić information content (AvgIpc) is 2.68. The highest BCUT2D eigenvalue weighted by Gasteiger charge is 2.53. The van der Waals surface area contributed by atoms with E-state index >= 15 is 0 Å². The van der Waals surface area contributed by atoms with Gasteiger partial charge in [-0.1, -0.05) is 0 Å². The molecule has 0 amide bonds. The van der Waals surface area contributed by atoms with Crippen molar-refractivity contribution in [3.05, 3.63) is 17.0 Å². The summed E-state index contributed by atoms with van der Waals surface area (Å²) >= 11 is 0. The Bertz CT molecular complexity index is 506. The minimum Gasteiger partial charge on any atom is -0.480 e. The number of rotatable bonds is 2. The van der Waals surface area contributed by atoms with Gasteiger partial charge in [-0.3, -0.25) is 9.48 Å². The van der Waals surface area contributed by atoms with Gasteiger partial charge in [0.05, 0.1) is 0 Å². The van der Waals surface area contributed by atoms with Crippen molar-refractivity contribution < 1.29 is 23.1 Å². The van der Waals surface area contributed by atoms with Gasteiger partial charge in [0.15, 0.2) is 5.69 Å². The van der Waals surface area contributed by atoms with Gasteiger partial charge in [0.1, 0.15) is 6.54 Å². The molecule has 2 aliphatic carbocycles. The predicted octanol–water partition coefficient (Wildman–Crippen LogP) is 1.65. The quantitative estimate of drug-likeness (QED) is 0.863. The molecule has 0 radical (unpaired) electrons. The Kier molecular flexibility index (Phi) is 1.89. The summed E-state index contributed by atoms with van der Waals surface area (Å²) in [6.45, 7) is -0.502. The summed E-state index contributed by atoms with van der Waals surface area (Å²) in [6.07, 6.45) is -3.20. The van der Waals surface area contributed by atoms with E-state index in [0.29, 0.717) is 12.1 Å². The number of halogens is 3. The molecule has 0 aromatic carbocycles. The van der Waals surface area contributed by atoms with Crippen LogP contribution in [0.5, 0.6) is 0 Å². The summed E-state index contributed by atoms with van der Waals surface area (Å²) in [5.74, 6) is -0.960. The molecule has 0 aliphatic heterocycles. The van der Waals surface area contributed by atoms with Crippen LogP contribution in [0.2, 0.25) is 0 Å². The fraction of sp³-hybridized carbons (Fsp3) is 0.600. The van der Waals surface area contributed by atoms with Crippen LogP contribution in [-0.4, -0.2) is 20.9 Å². The van der Waals surface area contributed by atoms with Crippen LogP contribution in [-0.2, 0) is 23.9 Å². The van der Waals surface area contributed by atoms with Crippen molar-refractivity contribution >= 4 is 5.97 Å². The van der Waals surface area contributed by atoms with E-state index in [0.717, 1.165) is 11.1 Å². The normalized spacial score (nSPS) is 25.6. The van der Waals surface area contributed by atoms with E-state index in [1.165, 1.54) is 0 Å². The van der Waals surface area contributed by atoms with Crippen molar-refractivity contribution in [2.45, 2.75) is 31.5 Å². The van der Waals surface area contributed by atoms with Gasteiger partial charge in [0, 0.05) is 11.3 Å². The lowest BCUT2D eigenvalue weighted by Gasteiger charge is -2.04. The van der Waals surface area contributed by atoms with Crippen molar-refractivity contribution in [1.82, 2.24) is 9.78 Å². The third-order valence-corrected chi connectivity index (χ3v) is 3.40. The molecule has 1 fully saturated rings. The van der Waals surface area contributed by atoms with Gasteiger partial charge in [-0.15, -0.1) is 0 Å². The minimum absolute atomic E-state index is 0.0517. The Balaban J connectivity index is 2.08. The standard InChI is InChI=1S/C10H9F3N2O2/c11-10(12,13)9-8-5-1-4(5)2-6(8)15(14-9)3-7(16)17/h4-5H,1-3H2,(H,16,17). The van der Waals surface area contributed by atoms with Crippen molar-refractivity contribution in [2.24, 2.45) is 5.92 Å². The highest BCUT2D eigenvalue weighted by molar-refractivity contribution is 5.66. The monoisotopic (exact) mass is 246 g/mol. The smallest absolute Gasteiger partial charge is 0.435 e. The maximum absolute atomic E-state index is 12.8. The molecule has 92 valence electrons. The predicted molar refractivity (Wildman–Crippen MR) is 49.4 cm³/mol. The topological polar surface area (TPSA) is 55.1 Å². The highest BCUT2D eigenvalue weighted by Crippen LogP contribution is 2.58. The van der Waals surface area contributed by atoms with Crippen LogP contribution in [0.25, 0.3) is 0 Å². The van der Waals surface area contributed by atoms with E-state index < -0.39 is 24.4 Å². The second-order valence-corrected chi connectivity index (χ2v) is 4.56. The van der Waals surface area contributed by atoms with Crippen molar-refractivity contribution in [3.8, 4) is 0 Å². The molecule has 17 heavy (non-hydrogen) atoms. The summed E-state index contributed by atoms with van der Waals surface area (Å²) in [7, 11) is 0. The molecule has 2 unspecified atom stereocenters. The maximum Gasteiger partial charge on any atom is 0.435 e. The third kappa shape index (κ3) is 1.52. The van der Waals surface area contributed by atoms with Gasteiger partial charge in [-0.2, -0.15) is 18.3 Å². The van der Waals surface area contributed by atoms with Crippen LogP contribution >= 0.6 is 0 Å². The molecule has 1 aromatic heterocycles. The number of carbonyl (C=O) groups is 1. The van der Waals surface area contributed by atoms with E-state index in [1.807, 2.05) is 0 Å². The van der Waals surface area contributed by atoms with Gasteiger partial charge < -0.3 is 5.11 Å². The molecule has 4 nitrogen and oxygen atoms in total. The molecule has 0 spiro atoms. The molecule has 3 rings (SSSR count). The first-order valence-corrected chi connectivity index (χ1v) is 5.26. The minimum atomic E-state index is -4.49. The number of nitrogens with zero attached hydrogens (tertiary/aromatic N) is 2. The summed E-state index contributed by atoms with van der Waals surface area (Å²) in [5, 5.41) is 12.1. The van der Waals surface area contributed by atoms with E-state index in [-0.39, 0.29) is 17.4 Å². The first kappa shape index (κ1) is 10.6. The van der Waals surface area contributed by atoms with E-state index in [2.05, 4.69) is 5.10 Å². The van der Waals surface area contributed by atoms with Gasteiger partial charge in [-0.25, -0.2) is 0 Å². The number of hydrogen-bond donors (Lipinski definition) is 1. The molecule has 0 saturated heterocycles. The maximum atomic E-state index is 12.8. The summed E-state index contributed by atoms with van der Waals surface area (Å²) in [6, 6.07) is 0. The number of aliphatic carboxylic acids is 1. The van der Waals surface area contributed by atoms with E-state index in [4.69, 9.17) is 5.11 Å². The van der Waals surface area contributed by atoms with Crippen LogP contribution in [0.3, 0.4) is 0 Å². The molecule has 7 heteroatoms. The lowest BCUT2D eigenvalue weighted by Crippen LogP contribution is -2.14. The largest absolute Gasteiger partial charge is 0.480 e. The Morgan fingerprint density at radius 3 is 2.82 bits per heavy atom. The number of alkyl halides is 3. The lowest BCUT2D eigenvalue weighted by atomic mass is 10.1. The van der Waals surface area contributed by atoms with Crippen LogP contribution in [0, 0.1) is 5.92 Å². The molecule has 1 N–H and O–H groups in total. The zero-order valence-electron chi connectivity index (χ0n) is 8.66. The number of fused-ring (bicyclic) bond motifs is 3. The average molecular weight is 246 g/mol. The molecule has 1 saturated carbocycles. The molecular weight excluding hydrogens is 237 g/mol. The first-order valence-electron chi connectivity index (χ1n) is 5.26. The van der Waals surface area contributed by atoms with Crippen LogP contribution in [0.15, 0.2) is 0 Å². The van der Waals surface area contributed by atoms with Crippen molar-refractivity contribution in [2.75, 3.05) is 0 Å². The summed E-state index contributed by atoms with van der Waals surface area (Å²) in [5.41, 5.74) is -0.191. The number of carboxylic acids is 1. The molecule has 1 heterocycles. The highest BCUT2D eigenvalue weighted by atomic mass is 19.4. The van der Waals surface area contributed by atoms with Crippen LogP contribution in [0.1, 0.15) is 29.3 Å². The molecule has 1 aromatic rings. The van der Waals surface area contributed by atoms with Gasteiger partial charge in [-0.05, 0) is 24.7 Å². The second kappa shape index (κ2) is 3.02. The Labute approximate surface area is 94.0 Å². The summed E-state index contributed by atoms with van der Waals surface area (Å²) < 4.78 is 39.3. The zero-order valence-corrected chi connectivity index (χ0v) is 8.66. The molecule has 2 atom stereocenters. The van der Waals surface area contributed by atoms with Gasteiger partial charge in [0.2, 0.25) is 0 Å². The molecular formula is C10H9F3N2O2. The molecule has 2 aliphatic rings. The van der Waals surface area contributed by atoms with E-state index in [1.54, 1.807) is 0 Å². The summed E-state index contributed by atoms with van der Waals surface area (Å²) in [4.78, 5) is 10.6. The number of hydrogen-bond acceptors (Lipinski definition) is 2. The third-order valence-electron chi connectivity index (χ3n) is 3.40. The van der Waals surface area contributed by atoms with Crippen LogP contribution in [0.4, 0.5) is 13.2 Å². The van der Waals surface area contributed by atoms with Gasteiger partial charge >= 0.3 is 12.1 Å². The number of aromatic nitrogens is 2. The molecule has 0 bridgehead atoms. The fourth-order valence-electron chi connectivity index (χ4n) is 2.66. The Morgan fingerprint density at radius 1 is 1.53 bits per heavy atom. The second-order valence-electron chi connectivity index (χ2n) is 4.56. The Hall–Kier alpha value is -1.53. The van der Waals surface area contributed by atoms with E-state index in [9.17, 15) is 18.0 Å². The zero-order chi connectivity index (χ0) is 12.4. The Morgan fingerprint density at radius 2 is 2.24 bits per heavy atom. The van der Waals surface area contributed by atoms with Crippen molar-refractivity contribution in [3.63, 3.8) is 0 Å². The van der Waals surface area contributed by atoms with Gasteiger partial charge in [0.25, 0.3) is 0 Å². The van der Waals surface area contributed by atoms with Crippen molar-refractivity contribution in [1.29, 1.82) is 0 Å². The fourth-order valence-corrected chi connectivity index (χ4v) is 2.66. The lowest BCUT2D eigenvalue weighted by molar-refractivity contribution is -0.143. The first-order chi connectivity index (χ1) is 7.88. The SMILES string of the molecule is O=C(O)Cn1nc(C(F)(F)F)c2c1CC1CC21. The van der Waals surface area contributed by atoms with Crippen LogP contribution < -0.4 is 0 Å². The number of carboxylic acid groups (broad SMARTS) is 1.